The number of nitrogens with one attached hydrogen (secondary N) is 3. The van der Waals surface area contributed by atoms with E-state index in [-0.39, 0.29) is 6.17 Å². The average molecular weight is 411 g/mol. The number of hydrogen-bond donors (Lipinski definition) is 3. The highest BCUT2D eigenvalue weighted by molar-refractivity contribution is 5.86. The molecular formula is C25H26N6. The second kappa shape index (κ2) is 8.62. The summed E-state index contributed by atoms with van der Waals surface area (Å²) in [4.78, 5) is 15.0. The predicted octanol–water partition coefficient (Wildman–Crippen LogP) is 5.39. The SMILES string of the molecule is CCC(Nc1ccnc(Nc2cccc(-c3cc4ccccc4[nH]3)c2)n1)N1CC=CC1. The van der Waals surface area contributed by atoms with Crippen molar-refractivity contribution in [3.8, 4) is 11.3 Å². The van der Waals surface area contributed by atoms with Gasteiger partial charge < -0.3 is 15.6 Å². The molecule has 0 radical (unpaired) electrons. The van der Waals surface area contributed by atoms with Crippen LogP contribution in [0.3, 0.4) is 0 Å². The van der Waals surface area contributed by atoms with Crippen molar-refractivity contribution in [2.75, 3.05) is 23.7 Å². The van der Waals surface area contributed by atoms with E-state index in [9.17, 15) is 0 Å². The smallest absolute Gasteiger partial charge is 0.229 e. The zero-order chi connectivity index (χ0) is 21.0. The minimum atomic E-state index is 0.253. The molecule has 3 heterocycles. The van der Waals surface area contributed by atoms with Crippen LogP contribution in [0.5, 0.6) is 0 Å². The van der Waals surface area contributed by atoms with Gasteiger partial charge in [-0.3, -0.25) is 4.90 Å². The maximum atomic E-state index is 4.68. The molecule has 156 valence electrons. The molecule has 1 atom stereocenters. The summed E-state index contributed by atoms with van der Waals surface area (Å²) in [6.07, 6.45) is 7.45. The Balaban J connectivity index is 1.33. The molecule has 1 aliphatic heterocycles. The van der Waals surface area contributed by atoms with Gasteiger partial charge in [-0.1, -0.05) is 49.4 Å². The van der Waals surface area contributed by atoms with E-state index in [0.29, 0.717) is 5.95 Å². The maximum Gasteiger partial charge on any atom is 0.229 e. The van der Waals surface area contributed by atoms with Crippen molar-refractivity contribution >= 4 is 28.4 Å². The standard InChI is InChI=1S/C25H26N6/c1-2-24(31-14-5-6-15-31)29-23-12-13-26-25(30-23)27-20-10-7-9-18(16-20)22-17-19-8-3-4-11-21(19)28-22/h3-13,16-17,24,28H,2,14-15H2,1H3,(H2,26,27,29,30). The molecule has 2 aromatic heterocycles. The van der Waals surface area contributed by atoms with Gasteiger partial charge in [-0.15, -0.1) is 0 Å². The minimum Gasteiger partial charge on any atom is -0.355 e. The number of fused-ring (bicyclic) bond motifs is 1. The second-order valence-electron chi connectivity index (χ2n) is 7.74. The number of para-hydroxylation sites is 1. The highest BCUT2D eigenvalue weighted by Gasteiger charge is 2.17. The third-order valence-electron chi connectivity index (χ3n) is 5.60. The number of benzene rings is 2. The van der Waals surface area contributed by atoms with E-state index in [0.717, 1.165) is 47.8 Å². The summed E-state index contributed by atoms with van der Waals surface area (Å²) in [6, 6.07) is 20.7. The summed E-state index contributed by atoms with van der Waals surface area (Å²) in [5.41, 5.74) is 4.29. The third kappa shape index (κ3) is 4.29. The number of hydrogen-bond acceptors (Lipinski definition) is 5. The number of aromatic amines is 1. The molecular weight excluding hydrogens is 384 g/mol. The number of H-pyrrole nitrogens is 1. The molecule has 0 spiro atoms. The van der Waals surface area contributed by atoms with Gasteiger partial charge in [-0.2, -0.15) is 4.98 Å². The van der Waals surface area contributed by atoms with Gasteiger partial charge >= 0.3 is 0 Å². The molecule has 0 fully saturated rings. The zero-order valence-corrected chi connectivity index (χ0v) is 17.5. The van der Waals surface area contributed by atoms with Crippen molar-refractivity contribution in [1.29, 1.82) is 0 Å². The molecule has 1 aliphatic rings. The van der Waals surface area contributed by atoms with Crippen molar-refractivity contribution in [3.63, 3.8) is 0 Å². The number of nitrogens with zero attached hydrogens (tertiary/aromatic N) is 3. The van der Waals surface area contributed by atoms with Crippen LogP contribution in [0.15, 0.2) is 79.0 Å². The highest BCUT2D eigenvalue weighted by atomic mass is 15.3. The summed E-state index contributed by atoms with van der Waals surface area (Å²) in [5, 5.41) is 8.09. The Morgan fingerprint density at radius 3 is 2.74 bits per heavy atom. The van der Waals surface area contributed by atoms with Crippen LogP contribution in [0.2, 0.25) is 0 Å². The van der Waals surface area contributed by atoms with Crippen LogP contribution >= 0.6 is 0 Å². The van der Waals surface area contributed by atoms with E-state index in [4.69, 9.17) is 0 Å². The first-order valence-electron chi connectivity index (χ1n) is 10.7. The highest BCUT2D eigenvalue weighted by Crippen LogP contribution is 2.27. The zero-order valence-electron chi connectivity index (χ0n) is 17.5. The van der Waals surface area contributed by atoms with E-state index in [1.54, 1.807) is 6.20 Å². The summed E-state index contributed by atoms with van der Waals surface area (Å²) in [7, 11) is 0. The Morgan fingerprint density at radius 1 is 1.03 bits per heavy atom. The molecule has 2 aromatic carbocycles. The van der Waals surface area contributed by atoms with Crippen molar-refractivity contribution in [2.24, 2.45) is 0 Å². The molecule has 4 aromatic rings. The molecule has 0 bridgehead atoms. The first-order valence-corrected chi connectivity index (χ1v) is 10.7. The third-order valence-corrected chi connectivity index (χ3v) is 5.60. The largest absolute Gasteiger partial charge is 0.355 e. The van der Waals surface area contributed by atoms with E-state index < -0.39 is 0 Å². The molecule has 0 saturated heterocycles. The van der Waals surface area contributed by atoms with Crippen molar-refractivity contribution < 1.29 is 0 Å². The first-order chi connectivity index (χ1) is 15.3. The van der Waals surface area contributed by atoms with Crippen molar-refractivity contribution in [2.45, 2.75) is 19.5 Å². The summed E-state index contributed by atoms with van der Waals surface area (Å²) in [6.45, 7) is 4.14. The van der Waals surface area contributed by atoms with E-state index in [1.165, 1.54) is 5.39 Å². The van der Waals surface area contributed by atoms with Gasteiger partial charge in [0.15, 0.2) is 0 Å². The van der Waals surface area contributed by atoms with Crippen LogP contribution < -0.4 is 10.6 Å². The number of aromatic nitrogens is 3. The lowest BCUT2D eigenvalue weighted by Gasteiger charge is -2.27. The minimum absolute atomic E-state index is 0.253. The fourth-order valence-corrected chi connectivity index (χ4v) is 3.99. The Kier molecular flexibility index (Phi) is 5.37. The quantitative estimate of drug-likeness (QED) is 0.357. The molecule has 0 amide bonds. The fraction of sp³-hybridized carbons (Fsp3) is 0.200. The van der Waals surface area contributed by atoms with E-state index in [1.807, 2.05) is 24.3 Å². The van der Waals surface area contributed by atoms with Crippen LogP contribution in [-0.2, 0) is 0 Å². The normalized spacial score (nSPS) is 14.7. The molecule has 1 unspecified atom stereocenters. The van der Waals surface area contributed by atoms with Crippen LogP contribution in [0, 0.1) is 0 Å². The van der Waals surface area contributed by atoms with E-state index >= 15 is 0 Å². The van der Waals surface area contributed by atoms with Crippen molar-refractivity contribution in [1.82, 2.24) is 19.9 Å². The molecule has 3 N–H and O–H groups in total. The molecule has 6 nitrogen and oxygen atoms in total. The van der Waals surface area contributed by atoms with Crippen LogP contribution in [0.1, 0.15) is 13.3 Å². The average Bonchev–Trinajstić information content (AvgIpc) is 3.48. The summed E-state index contributed by atoms with van der Waals surface area (Å²) < 4.78 is 0. The Morgan fingerprint density at radius 2 is 1.90 bits per heavy atom. The first kappa shape index (κ1) is 19.3. The lowest BCUT2D eigenvalue weighted by molar-refractivity contribution is 0.271. The van der Waals surface area contributed by atoms with Gasteiger partial charge in [0.05, 0.1) is 6.17 Å². The van der Waals surface area contributed by atoms with Gasteiger partial charge in [0.25, 0.3) is 0 Å². The Labute approximate surface area is 182 Å². The summed E-state index contributed by atoms with van der Waals surface area (Å²) in [5.74, 6) is 1.40. The van der Waals surface area contributed by atoms with E-state index in [2.05, 4.69) is 86.0 Å². The topological polar surface area (TPSA) is 68.9 Å². The van der Waals surface area contributed by atoms with Gasteiger partial charge in [0, 0.05) is 47.1 Å². The lowest BCUT2D eigenvalue weighted by Crippen LogP contribution is -2.39. The van der Waals surface area contributed by atoms with Gasteiger partial charge in [0.2, 0.25) is 5.95 Å². The van der Waals surface area contributed by atoms with Gasteiger partial charge in [-0.25, -0.2) is 4.98 Å². The molecule has 0 saturated carbocycles. The molecule has 31 heavy (non-hydrogen) atoms. The van der Waals surface area contributed by atoms with Crippen LogP contribution in [0.25, 0.3) is 22.2 Å². The maximum absolute atomic E-state index is 4.68. The molecule has 6 heteroatoms. The molecule has 5 rings (SSSR count). The Hall–Kier alpha value is -3.64. The van der Waals surface area contributed by atoms with Gasteiger partial charge in [0.1, 0.15) is 5.82 Å². The predicted molar refractivity (Wildman–Crippen MR) is 127 cm³/mol. The van der Waals surface area contributed by atoms with Crippen LogP contribution in [0.4, 0.5) is 17.5 Å². The number of rotatable bonds is 7. The fourth-order valence-electron chi connectivity index (χ4n) is 3.99. The Bertz CT molecular complexity index is 1170. The van der Waals surface area contributed by atoms with Crippen LogP contribution in [-0.4, -0.2) is 39.1 Å². The lowest BCUT2D eigenvalue weighted by atomic mass is 10.1. The summed E-state index contributed by atoms with van der Waals surface area (Å²) >= 11 is 0. The van der Waals surface area contributed by atoms with Crippen molar-refractivity contribution in [3.05, 3.63) is 79.0 Å². The molecule has 0 aliphatic carbocycles. The number of anilines is 3. The van der Waals surface area contributed by atoms with Gasteiger partial charge in [-0.05, 0) is 36.8 Å². The second-order valence-corrected chi connectivity index (χ2v) is 7.74. The monoisotopic (exact) mass is 410 g/mol.